The van der Waals surface area contributed by atoms with Gasteiger partial charge in [-0.3, -0.25) is 19.2 Å². The third-order valence-corrected chi connectivity index (χ3v) is 9.26. The lowest BCUT2D eigenvalue weighted by Crippen LogP contribution is -2.54. The SMILES string of the molecule is COC(=O)N[C@H](C(=O)N1CCC[C@H]1C(=O)Cc1ccc(N=Nc2ccc(NC(=O)[C@@H]3CCCN3C(=O)[C@@H](NC(=O)OC)C(C)C)cc2)cc1)C(C)C. The quantitative estimate of drug-likeness (QED) is 0.244. The Balaban J connectivity index is 1.31. The van der Waals surface area contributed by atoms with Gasteiger partial charge in [-0.25, -0.2) is 9.59 Å². The number of methoxy groups -OCH3 is 2. The van der Waals surface area contributed by atoms with Crippen LogP contribution in [0.2, 0.25) is 0 Å². The molecule has 4 atom stereocenters. The van der Waals surface area contributed by atoms with Gasteiger partial charge >= 0.3 is 12.2 Å². The second-order valence-electron chi connectivity index (χ2n) is 13.6. The van der Waals surface area contributed by atoms with E-state index >= 15 is 0 Å². The van der Waals surface area contributed by atoms with Crippen LogP contribution in [0.15, 0.2) is 58.8 Å². The minimum Gasteiger partial charge on any atom is -0.453 e. The Hall–Kier alpha value is -5.34. The number of anilines is 1. The van der Waals surface area contributed by atoms with E-state index in [0.717, 1.165) is 5.56 Å². The molecule has 2 aliphatic rings. The number of carbonyl (C=O) groups excluding carboxylic acids is 6. The van der Waals surface area contributed by atoms with E-state index in [1.54, 1.807) is 53.4 Å². The van der Waals surface area contributed by atoms with Crippen molar-refractivity contribution in [2.75, 3.05) is 32.6 Å². The lowest BCUT2D eigenvalue weighted by molar-refractivity contribution is -0.139. The van der Waals surface area contributed by atoms with Gasteiger partial charge < -0.3 is 35.2 Å². The summed E-state index contributed by atoms with van der Waals surface area (Å²) in [6, 6.07) is 11.1. The predicted molar refractivity (Wildman–Crippen MR) is 192 cm³/mol. The number of amides is 5. The maximum absolute atomic E-state index is 13.3. The Morgan fingerprint density at radius 3 is 1.60 bits per heavy atom. The molecule has 280 valence electrons. The summed E-state index contributed by atoms with van der Waals surface area (Å²) in [6.07, 6.45) is 1.19. The molecule has 3 N–H and O–H groups in total. The fraction of sp³-hybridized carbons (Fsp3) is 0.514. The Morgan fingerprint density at radius 2 is 1.13 bits per heavy atom. The molecule has 0 unspecified atom stereocenters. The van der Waals surface area contributed by atoms with E-state index in [-0.39, 0.29) is 41.8 Å². The van der Waals surface area contributed by atoms with Gasteiger partial charge in [0.1, 0.15) is 18.1 Å². The topological polar surface area (TPSA) is 188 Å². The Labute approximate surface area is 303 Å². The van der Waals surface area contributed by atoms with Crippen LogP contribution in [-0.2, 0) is 35.1 Å². The highest BCUT2D eigenvalue weighted by Gasteiger charge is 2.40. The van der Waals surface area contributed by atoms with Crippen molar-refractivity contribution in [3.8, 4) is 0 Å². The van der Waals surface area contributed by atoms with Gasteiger partial charge in [0.05, 0.1) is 31.6 Å². The lowest BCUT2D eigenvalue weighted by Gasteiger charge is -2.30. The summed E-state index contributed by atoms with van der Waals surface area (Å²) in [5.41, 5.74) is 2.44. The normalized spacial score (nSPS) is 18.3. The summed E-state index contributed by atoms with van der Waals surface area (Å²) in [5, 5.41) is 16.6. The molecule has 0 saturated carbocycles. The van der Waals surface area contributed by atoms with Crippen molar-refractivity contribution in [2.45, 2.75) is 84.0 Å². The van der Waals surface area contributed by atoms with Gasteiger partial charge in [-0.2, -0.15) is 10.2 Å². The van der Waals surface area contributed by atoms with Crippen molar-refractivity contribution in [3.63, 3.8) is 0 Å². The number of likely N-dealkylation sites (tertiary alicyclic amines) is 2. The molecule has 2 aromatic rings. The number of rotatable bonds is 13. The summed E-state index contributed by atoms with van der Waals surface area (Å²) in [6.45, 7) is 8.15. The molecule has 0 bridgehead atoms. The number of ether oxygens (including phenoxy) is 2. The Morgan fingerprint density at radius 1 is 0.692 bits per heavy atom. The molecule has 2 fully saturated rings. The molecule has 2 aliphatic heterocycles. The molecule has 52 heavy (non-hydrogen) atoms. The number of hydrogen-bond acceptors (Lipinski definition) is 10. The van der Waals surface area contributed by atoms with E-state index in [9.17, 15) is 28.8 Å². The monoisotopic (exact) mass is 719 g/mol. The van der Waals surface area contributed by atoms with Crippen molar-refractivity contribution in [3.05, 3.63) is 54.1 Å². The van der Waals surface area contributed by atoms with Crippen LogP contribution in [0.25, 0.3) is 0 Å². The van der Waals surface area contributed by atoms with Crippen LogP contribution >= 0.6 is 0 Å². The first-order valence-electron chi connectivity index (χ1n) is 17.6. The van der Waals surface area contributed by atoms with Crippen LogP contribution in [0.3, 0.4) is 0 Å². The van der Waals surface area contributed by atoms with Crippen molar-refractivity contribution in [1.82, 2.24) is 20.4 Å². The van der Waals surface area contributed by atoms with Gasteiger partial charge in [-0.05, 0) is 79.5 Å². The third kappa shape index (κ3) is 10.1. The molecule has 15 heteroatoms. The maximum atomic E-state index is 13.3. The molecule has 0 aliphatic carbocycles. The highest BCUT2D eigenvalue weighted by molar-refractivity contribution is 5.99. The molecule has 2 heterocycles. The Kier molecular flexibility index (Phi) is 13.8. The zero-order valence-corrected chi connectivity index (χ0v) is 30.6. The first-order chi connectivity index (χ1) is 24.8. The predicted octanol–water partition coefficient (Wildman–Crippen LogP) is 4.90. The molecule has 15 nitrogen and oxygen atoms in total. The van der Waals surface area contributed by atoms with Gasteiger partial charge in [0.25, 0.3) is 0 Å². The van der Waals surface area contributed by atoms with E-state index < -0.39 is 36.4 Å². The van der Waals surface area contributed by atoms with Crippen molar-refractivity contribution in [1.29, 1.82) is 0 Å². The number of carbonyl (C=O) groups is 6. The molecular weight excluding hydrogens is 670 g/mol. The molecule has 2 aromatic carbocycles. The fourth-order valence-corrected chi connectivity index (χ4v) is 6.38. The van der Waals surface area contributed by atoms with Crippen LogP contribution in [-0.4, -0.2) is 97.0 Å². The molecule has 2 saturated heterocycles. The van der Waals surface area contributed by atoms with E-state index in [1.165, 1.54) is 19.1 Å². The summed E-state index contributed by atoms with van der Waals surface area (Å²) in [4.78, 5) is 79.8. The first kappa shape index (κ1) is 39.4. The number of Topliss-reactive ketones (excluding diaryl/α,β-unsaturated/α-hetero) is 1. The fourth-order valence-electron chi connectivity index (χ4n) is 6.38. The van der Waals surface area contributed by atoms with E-state index in [1.807, 2.05) is 27.7 Å². The van der Waals surface area contributed by atoms with Gasteiger partial charge in [0.2, 0.25) is 17.7 Å². The number of hydrogen-bond donors (Lipinski definition) is 3. The molecular formula is C37H49N7O8. The average Bonchev–Trinajstić information content (AvgIpc) is 3.83. The zero-order chi connectivity index (χ0) is 37.9. The van der Waals surface area contributed by atoms with Gasteiger partial charge in [-0.15, -0.1) is 0 Å². The minimum absolute atomic E-state index is 0.0736. The average molecular weight is 720 g/mol. The van der Waals surface area contributed by atoms with Gasteiger partial charge in [0, 0.05) is 25.2 Å². The van der Waals surface area contributed by atoms with E-state index in [2.05, 4.69) is 35.7 Å². The molecule has 0 spiro atoms. The highest BCUT2D eigenvalue weighted by atomic mass is 16.5. The van der Waals surface area contributed by atoms with Crippen molar-refractivity contribution in [2.24, 2.45) is 22.1 Å². The molecule has 4 rings (SSSR count). The van der Waals surface area contributed by atoms with Gasteiger partial charge in [0.15, 0.2) is 5.78 Å². The van der Waals surface area contributed by atoms with Crippen LogP contribution in [0.5, 0.6) is 0 Å². The van der Waals surface area contributed by atoms with E-state index in [4.69, 9.17) is 0 Å². The largest absolute Gasteiger partial charge is 0.453 e. The van der Waals surface area contributed by atoms with Crippen LogP contribution < -0.4 is 16.0 Å². The van der Waals surface area contributed by atoms with Crippen molar-refractivity contribution >= 4 is 52.8 Å². The summed E-state index contributed by atoms with van der Waals surface area (Å²) >= 11 is 0. The molecule has 0 radical (unpaired) electrons. The van der Waals surface area contributed by atoms with Gasteiger partial charge in [-0.1, -0.05) is 39.8 Å². The molecule has 0 aromatic heterocycles. The van der Waals surface area contributed by atoms with E-state index in [0.29, 0.717) is 55.8 Å². The van der Waals surface area contributed by atoms with Crippen molar-refractivity contribution < 1.29 is 38.2 Å². The number of ketones is 1. The second-order valence-corrected chi connectivity index (χ2v) is 13.6. The smallest absolute Gasteiger partial charge is 0.407 e. The number of nitrogens with zero attached hydrogens (tertiary/aromatic N) is 4. The Bertz CT molecular complexity index is 1510. The standard InChI is InChI=1S/C37H49N7O8/c1-22(2)31(39-36(49)51-5)34(47)43-19-7-9-28(43)30(45)21-24-11-13-26(14-12-24)41-42-27-17-15-25(16-18-27)38-33(46)29-10-8-20-44(29)35(48)32(23(3)4)40-37(50)52-6/h11-18,22-23,28-29,31-32H,7-10,19-21H2,1-6H3,(H,38,46)(H,39,49)(H,40,50)/t28-,29-,31-,32-/m0/s1. The van der Waals surface area contributed by atoms with Crippen LogP contribution in [0, 0.1) is 11.8 Å². The zero-order valence-electron chi connectivity index (χ0n) is 30.6. The summed E-state index contributed by atoms with van der Waals surface area (Å²) < 4.78 is 9.34. The maximum Gasteiger partial charge on any atom is 0.407 e. The molecule has 5 amide bonds. The minimum atomic E-state index is -0.814. The highest BCUT2D eigenvalue weighted by Crippen LogP contribution is 2.26. The number of benzene rings is 2. The number of azo groups is 1. The summed E-state index contributed by atoms with van der Waals surface area (Å²) in [7, 11) is 2.47. The number of alkyl carbamates (subject to hydrolysis) is 2. The lowest BCUT2D eigenvalue weighted by atomic mass is 9.99. The van der Waals surface area contributed by atoms with Crippen LogP contribution in [0.1, 0.15) is 58.9 Å². The third-order valence-electron chi connectivity index (χ3n) is 9.26. The number of nitrogens with one attached hydrogen (secondary N) is 3. The van der Waals surface area contributed by atoms with Crippen LogP contribution in [0.4, 0.5) is 26.7 Å². The first-order valence-corrected chi connectivity index (χ1v) is 17.6. The second kappa shape index (κ2) is 18.2. The summed E-state index contributed by atoms with van der Waals surface area (Å²) in [5.74, 6) is -1.39.